The van der Waals surface area contributed by atoms with E-state index in [0.29, 0.717) is 13.0 Å². The molecule has 2 aromatic rings. The van der Waals surface area contributed by atoms with Gasteiger partial charge in [0.25, 0.3) is 0 Å². The van der Waals surface area contributed by atoms with Crippen molar-refractivity contribution in [3.05, 3.63) is 59.2 Å². The molecule has 0 saturated carbocycles. The van der Waals surface area contributed by atoms with Crippen molar-refractivity contribution in [2.45, 2.75) is 18.6 Å². The fraction of sp³-hybridized carbons (Fsp3) is 0.250. The summed E-state index contributed by atoms with van der Waals surface area (Å²) < 4.78 is 6.03. The van der Waals surface area contributed by atoms with Crippen LogP contribution < -0.4 is 5.73 Å². The third kappa shape index (κ3) is 2.83. The summed E-state index contributed by atoms with van der Waals surface area (Å²) in [4.78, 5) is 0. The third-order valence-electron chi connectivity index (χ3n) is 3.75. The lowest BCUT2D eigenvalue weighted by atomic mass is 9.90. The number of hydrogen-bond donors (Lipinski definition) is 3. The SMILES string of the molecule is Cl.NC[C@H]1O[C@@H](c2ccccc2)Cc2c1ccc(O)c2O. The number of aromatic hydroxyl groups is 2. The number of fused-ring (bicyclic) bond motifs is 1. The van der Waals surface area contributed by atoms with Crippen molar-refractivity contribution in [3.63, 3.8) is 0 Å². The molecule has 0 amide bonds. The van der Waals surface area contributed by atoms with Crippen molar-refractivity contribution < 1.29 is 14.9 Å². The molecule has 2 atom stereocenters. The number of benzene rings is 2. The minimum atomic E-state index is -0.268. The molecule has 5 heteroatoms. The molecule has 4 nitrogen and oxygen atoms in total. The molecule has 1 aliphatic heterocycles. The third-order valence-corrected chi connectivity index (χ3v) is 3.75. The fourth-order valence-electron chi connectivity index (χ4n) is 2.71. The van der Waals surface area contributed by atoms with Crippen LogP contribution in [0.2, 0.25) is 0 Å². The lowest BCUT2D eigenvalue weighted by molar-refractivity contribution is -0.0230. The van der Waals surface area contributed by atoms with Crippen molar-refractivity contribution in [3.8, 4) is 11.5 Å². The second-order valence-electron chi connectivity index (χ2n) is 4.96. The molecule has 112 valence electrons. The number of nitrogens with two attached hydrogens (primary N) is 1. The maximum atomic E-state index is 10.1. The highest BCUT2D eigenvalue weighted by atomic mass is 35.5. The molecule has 1 heterocycles. The molecule has 0 spiro atoms. The first-order chi connectivity index (χ1) is 9.70. The van der Waals surface area contributed by atoms with E-state index in [1.54, 1.807) is 6.07 Å². The lowest BCUT2D eigenvalue weighted by Gasteiger charge is -2.32. The van der Waals surface area contributed by atoms with E-state index in [1.165, 1.54) is 6.07 Å². The van der Waals surface area contributed by atoms with Crippen molar-refractivity contribution in [1.29, 1.82) is 0 Å². The van der Waals surface area contributed by atoms with Crippen LogP contribution in [0.1, 0.15) is 28.9 Å². The van der Waals surface area contributed by atoms with Gasteiger partial charge < -0.3 is 20.7 Å². The van der Waals surface area contributed by atoms with Crippen LogP contribution in [0.5, 0.6) is 11.5 Å². The van der Waals surface area contributed by atoms with Crippen molar-refractivity contribution in [2.24, 2.45) is 5.73 Å². The Bertz CT molecular complexity index is 618. The van der Waals surface area contributed by atoms with Crippen LogP contribution >= 0.6 is 12.4 Å². The van der Waals surface area contributed by atoms with Crippen molar-refractivity contribution in [2.75, 3.05) is 6.54 Å². The summed E-state index contributed by atoms with van der Waals surface area (Å²) in [7, 11) is 0. The zero-order valence-corrected chi connectivity index (χ0v) is 12.2. The molecule has 21 heavy (non-hydrogen) atoms. The van der Waals surface area contributed by atoms with Gasteiger partial charge in [-0.05, 0) is 17.2 Å². The van der Waals surface area contributed by atoms with Gasteiger partial charge in [0.2, 0.25) is 0 Å². The van der Waals surface area contributed by atoms with E-state index in [0.717, 1.165) is 16.7 Å². The average Bonchev–Trinajstić information content (AvgIpc) is 2.51. The number of phenolic OH excluding ortho intramolecular Hbond substituents is 2. The Morgan fingerprint density at radius 1 is 1.10 bits per heavy atom. The van der Waals surface area contributed by atoms with E-state index in [-0.39, 0.29) is 36.1 Å². The highest BCUT2D eigenvalue weighted by molar-refractivity contribution is 5.85. The zero-order chi connectivity index (χ0) is 14.1. The quantitative estimate of drug-likeness (QED) is 0.746. The summed E-state index contributed by atoms with van der Waals surface area (Å²) in [5.41, 5.74) is 8.40. The van der Waals surface area contributed by atoms with Crippen LogP contribution in [0.3, 0.4) is 0 Å². The minimum absolute atomic E-state index is 0. The average molecular weight is 308 g/mol. The second-order valence-corrected chi connectivity index (χ2v) is 4.96. The van der Waals surface area contributed by atoms with Gasteiger partial charge in [0.05, 0.1) is 12.2 Å². The summed E-state index contributed by atoms with van der Waals surface area (Å²) in [5.74, 6) is -0.168. The minimum Gasteiger partial charge on any atom is -0.504 e. The van der Waals surface area contributed by atoms with E-state index in [9.17, 15) is 10.2 Å². The molecule has 0 aromatic heterocycles. The molecule has 0 radical (unpaired) electrons. The Hall–Kier alpha value is -1.75. The second kappa shape index (κ2) is 6.35. The zero-order valence-electron chi connectivity index (χ0n) is 11.4. The van der Waals surface area contributed by atoms with Crippen molar-refractivity contribution >= 4 is 12.4 Å². The Balaban J connectivity index is 0.00000161. The van der Waals surface area contributed by atoms with Gasteiger partial charge in [-0.1, -0.05) is 36.4 Å². The molecule has 0 fully saturated rings. The van der Waals surface area contributed by atoms with E-state index in [2.05, 4.69) is 0 Å². The highest BCUT2D eigenvalue weighted by Crippen LogP contribution is 2.43. The van der Waals surface area contributed by atoms with Gasteiger partial charge >= 0.3 is 0 Å². The number of halogens is 1. The van der Waals surface area contributed by atoms with Crippen LogP contribution in [0.25, 0.3) is 0 Å². The van der Waals surface area contributed by atoms with Gasteiger partial charge in [-0.3, -0.25) is 0 Å². The summed E-state index contributed by atoms with van der Waals surface area (Å²) in [6, 6.07) is 13.1. The van der Waals surface area contributed by atoms with Crippen LogP contribution in [-0.2, 0) is 11.2 Å². The molecule has 0 aliphatic carbocycles. The molecule has 1 aliphatic rings. The predicted octanol–water partition coefficient (Wildman–Crippen LogP) is 2.83. The maximum absolute atomic E-state index is 10.1. The Morgan fingerprint density at radius 2 is 1.81 bits per heavy atom. The molecule has 0 saturated heterocycles. The number of phenols is 2. The summed E-state index contributed by atoms with van der Waals surface area (Å²) >= 11 is 0. The molecular formula is C16H18ClNO3. The van der Waals surface area contributed by atoms with E-state index in [1.807, 2.05) is 30.3 Å². The molecule has 2 aromatic carbocycles. The smallest absolute Gasteiger partial charge is 0.161 e. The van der Waals surface area contributed by atoms with Gasteiger partial charge in [-0.25, -0.2) is 0 Å². The molecule has 0 bridgehead atoms. The fourth-order valence-corrected chi connectivity index (χ4v) is 2.71. The predicted molar refractivity (Wildman–Crippen MR) is 82.8 cm³/mol. The number of hydrogen-bond acceptors (Lipinski definition) is 4. The molecule has 3 rings (SSSR count). The molecule has 4 N–H and O–H groups in total. The van der Waals surface area contributed by atoms with Crippen LogP contribution in [0.15, 0.2) is 42.5 Å². The summed E-state index contributed by atoms with van der Waals surface area (Å²) in [6.07, 6.45) is 0.0937. The topological polar surface area (TPSA) is 75.7 Å². The van der Waals surface area contributed by atoms with E-state index >= 15 is 0 Å². The number of rotatable bonds is 2. The summed E-state index contributed by atoms with van der Waals surface area (Å²) in [6.45, 7) is 0.334. The highest BCUT2D eigenvalue weighted by Gasteiger charge is 2.30. The standard InChI is InChI=1S/C16H17NO3.ClH/c17-9-15-11-6-7-13(18)16(19)12(11)8-14(20-15)10-4-2-1-3-5-10;/h1-7,14-15,18-19H,8-9,17H2;1H/t14-,15-;/m1./s1. The maximum Gasteiger partial charge on any atom is 0.161 e. The van der Waals surface area contributed by atoms with E-state index in [4.69, 9.17) is 10.5 Å². The Morgan fingerprint density at radius 3 is 2.48 bits per heavy atom. The van der Waals surface area contributed by atoms with Crippen molar-refractivity contribution in [1.82, 2.24) is 0 Å². The van der Waals surface area contributed by atoms with Gasteiger partial charge in [0.15, 0.2) is 11.5 Å². The van der Waals surface area contributed by atoms with Crippen LogP contribution in [0, 0.1) is 0 Å². The largest absolute Gasteiger partial charge is 0.504 e. The summed E-state index contributed by atoms with van der Waals surface area (Å²) in [5, 5.41) is 19.7. The van der Waals surface area contributed by atoms with Gasteiger partial charge in [-0.15, -0.1) is 12.4 Å². The Labute approximate surface area is 129 Å². The van der Waals surface area contributed by atoms with Gasteiger partial charge in [0.1, 0.15) is 0 Å². The molecular weight excluding hydrogens is 290 g/mol. The first kappa shape index (κ1) is 15.6. The normalized spacial score (nSPS) is 20.4. The first-order valence-corrected chi connectivity index (χ1v) is 6.65. The van der Waals surface area contributed by atoms with Gasteiger partial charge in [-0.2, -0.15) is 0 Å². The lowest BCUT2D eigenvalue weighted by Crippen LogP contribution is -2.25. The first-order valence-electron chi connectivity index (χ1n) is 6.65. The van der Waals surface area contributed by atoms with Crippen LogP contribution in [-0.4, -0.2) is 16.8 Å². The molecule has 0 unspecified atom stereocenters. The van der Waals surface area contributed by atoms with E-state index < -0.39 is 0 Å². The number of ether oxygens (including phenoxy) is 1. The van der Waals surface area contributed by atoms with Gasteiger partial charge in [0, 0.05) is 18.5 Å². The Kier molecular flexibility index (Phi) is 4.73. The van der Waals surface area contributed by atoms with Crippen LogP contribution in [0.4, 0.5) is 0 Å². The monoisotopic (exact) mass is 307 g/mol.